The van der Waals surface area contributed by atoms with E-state index >= 15 is 0 Å². The van der Waals surface area contributed by atoms with Crippen LogP contribution >= 0.6 is 27.3 Å². The number of hydrogen-bond donors (Lipinski definition) is 2. The van der Waals surface area contributed by atoms with E-state index in [0.717, 1.165) is 17.4 Å². The maximum absolute atomic E-state index is 10.9. The number of hydrogen-bond acceptors (Lipinski definition) is 3. The molecule has 22 heavy (non-hydrogen) atoms. The molecular formula is C17H20BrNO2S. The van der Waals surface area contributed by atoms with Crippen LogP contribution in [-0.2, 0) is 17.8 Å². The van der Waals surface area contributed by atoms with E-state index in [-0.39, 0.29) is 12.5 Å². The van der Waals surface area contributed by atoms with Crippen molar-refractivity contribution in [3.8, 4) is 0 Å². The van der Waals surface area contributed by atoms with Crippen LogP contribution in [-0.4, -0.2) is 17.1 Å². The van der Waals surface area contributed by atoms with E-state index in [2.05, 4.69) is 46.4 Å². The van der Waals surface area contributed by atoms with Crippen LogP contribution in [0.5, 0.6) is 0 Å². The Kier molecular flexibility index (Phi) is 6.61. The molecule has 0 saturated carbocycles. The molecule has 0 aliphatic rings. The number of carbonyl (C=O) groups is 1. The van der Waals surface area contributed by atoms with Crippen molar-refractivity contribution in [1.29, 1.82) is 0 Å². The van der Waals surface area contributed by atoms with Gasteiger partial charge in [-0.3, -0.25) is 4.79 Å². The second kappa shape index (κ2) is 8.46. The predicted molar refractivity (Wildman–Crippen MR) is 94.4 cm³/mol. The molecular weight excluding hydrogens is 362 g/mol. The van der Waals surface area contributed by atoms with E-state index in [1.807, 2.05) is 18.2 Å². The molecule has 1 heterocycles. The summed E-state index contributed by atoms with van der Waals surface area (Å²) in [5.41, 5.74) is 1.23. The second-order valence-corrected chi connectivity index (χ2v) is 7.52. The summed E-state index contributed by atoms with van der Waals surface area (Å²) in [5, 5.41) is 12.4. The lowest BCUT2D eigenvalue weighted by atomic mass is 10.0. The van der Waals surface area contributed by atoms with Gasteiger partial charge in [-0.2, -0.15) is 0 Å². The van der Waals surface area contributed by atoms with Gasteiger partial charge in [0.05, 0.1) is 0 Å². The van der Waals surface area contributed by atoms with Gasteiger partial charge in [0.2, 0.25) is 0 Å². The van der Waals surface area contributed by atoms with E-state index in [9.17, 15) is 4.79 Å². The van der Waals surface area contributed by atoms with Crippen molar-refractivity contribution >= 4 is 33.2 Å². The Bertz CT molecular complexity index is 612. The molecule has 0 bridgehead atoms. The van der Waals surface area contributed by atoms with Crippen LogP contribution in [0.2, 0.25) is 0 Å². The number of rotatable bonds is 8. The van der Waals surface area contributed by atoms with E-state index in [0.29, 0.717) is 6.42 Å². The smallest absolute Gasteiger partial charge is 0.303 e. The van der Waals surface area contributed by atoms with Crippen molar-refractivity contribution in [2.75, 3.05) is 0 Å². The van der Waals surface area contributed by atoms with E-state index in [1.165, 1.54) is 15.3 Å². The van der Waals surface area contributed by atoms with Crippen LogP contribution in [0.4, 0.5) is 0 Å². The van der Waals surface area contributed by atoms with Gasteiger partial charge < -0.3 is 10.4 Å². The number of thiophene rings is 1. The maximum atomic E-state index is 10.9. The van der Waals surface area contributed by atoms with Crippen molar-refractivity contribution in [2.24, 2.45) is 0 Å². The van der Waals surface area contributed by atoms with Crippen molar-refractivity contribution in [3.05, 3.63) is 56.2 Å². The molecule has 1 aromatic heterocycles. The van der Waals surface area contributed by atoms with Gasteiger partial charge in [0.15, 0.2) is 0 Å². The Morgan fingerprint density at radius 1 is 1.36 bits per heavy atom. The number of carboxylic acids is 1. The summed E-state index contributed by atoms with van der Waals surface area (Å²) < 4.78 is 1.12. The first-order valence-electron chi connectivity index (χ1n) is 7.28. The largest absolute Gasteiger partial charge is 0.481 e. The Balaban J connectivity index is 1.97. The SMILES string of the molecule is Cc1cc(Br)c(CNC(CCC(=O)O)Cc2ccccc2)s1. The predicted octanol–water partition coefficient (Wildman–Crippen LogP) is 4.38. The Morgan fingerprint density at radius 2 is 2.09 bits per heavy atom. The fourth-order valence-corrected chi connectivity index (χ4v) is 4.12. The molecule has 1 atom stereocenters. The van der Waals surface area contributed by atoms with Gasteiger partial charge in [-0.25, -0.2) is 0 Å². The number of aliphatic carboxylic acids is 1. The minimum absolute atomic E-state index is 0.160. The van der Waals surface area contributed by atoms with Gasteiger partial charge in [-0.15, -0.1) is 11.3 Å². The molecule has 0 radical (unpaired) electrons. The van der Waals surface area contributed by atoms with Crippen molar-refractivity contribution in [1.82, 2.24) is 5.32 Å². The number of aryl methyl sites for hydroxylation is 1. The standard InChI is InChI=1S/C17H20BrNO2S/c1-12-9-15(18)16(22-12)11-19-14(7-8-17(20)21)10-13-5-3-2-4-6-13/h2-6,9,14,19H,7-8,10-11H2,1H3,(H,20,21). The zero-order chi connectivity index (χ0) is 15.9. The van der Waals surface area contributed by atoms with Crippen LogP contribution in [0, 0.1) is 6.92 Å². The molecule has 0 spiro atoms. The molecule has 3 nitrogen and oxygen atoms in total. The third-order valence-corrected chi connectivity index (χ3v) is 5.48. The van der Waals surface area contributed by atoms with Gasteiger partial charge >= 0.3 is 5.97 Å². The molecule has 2 N–H and O–H groups in total. The Labute approximate surface area is 143 Å². The molecule has 1 aromatic carbocycles. The van der Waals surface area contributed by atoms with Gasteiger partial charge in [0.1, 0.15) is 0 Å². The van der Waals surface area contributed by atoms with Crippen LogP contribution in [0.15, 0.2) is 40.9 Å². The van der Waals surface area contributed by atoms with Crippen LogP contribution in [0.3, 0.4) is 0 Å². The average molecular weight is 382 g/mol. The highest BCUT2D eigenvalue weighted by molar-refractivity contribution is 9.10. The maximum Gasteiger partial charge on any atom is 0.303 e. The second-order valence-electron chi connectivity index (χ2n) is 5.33. The minimum Gasteiger partial charge on any atom is -0.481 e. The number of benzene rings is 1. The summed E-state index contributed by atoms with van der Waals surface area (Å²) in [6.07, 6.45) is 1.66. The fraction of sp³-hybridized carbons (Fsp3) is 0.353. The van der Waals surface area contributed by atoms with E-state index in [4.69, 9.17) is 5.11 Å². The minimum atomic E-state index is -0.743. The highest BCUT2D eigenvalue weighted by Gasteiger charge is 2.13. The van der Waals surface area contributed by atoms with Crippen LogP contribution < -0.4 is 5.32 Å². The summed E-state index contributed by atoms with van der Waals surface area (Å²) in [5.74, 6) is -0.743. The third kappa shape index (κ3) is 5.55. The van der Waals surface area contributed by atoms with Crippen molar-refractivity contribution in [2.45, 2.75) is 38.8 Å². The first-order chi connectivity index (χ1) is 10.5. The molecule has 2 aromatic rings. The first kappa shape index (κ1) is 17.2. The van der Waals surface area contributed by atoms with Gasteiger partial charge in [-0.1, -0.05) is 30.3 Å². The summed E-state index contributed by atoms with van der Waals surface area (Å²) >= 11 is 5.33. The number of halogens is 1. The molecule has 0 fully saturated rings. The van der Waals surface area contributed by atoms with Crippen molar-refractivity contribution < 1.29 is 9.90 Å². The zero-order valence-corrected chi connectivity index (χ0v) is 14.9. The van der Waals surface area contributed by atoms with Crippen LogP contribution in [0.25, 0.3) is 0 Å². The summed E-state index contributed by atoms with van der Waals surface area (Å²) in [7, 11) is 0. The summed E-state index contributed by atoms with van der Waals surface area (Å²) in [6, 6.07) is 12.5. The number of carboxylic acid groups (broad SMARTS) is 1. The van der Waals surface area contributed by atoms with Gasteiger partial charge in [-0.05, 0) is 47.3 Å². The Hall–Kier alpha value is -1.17. The lowest BCUT2D eigenvalue weighted by Gasteiger charge is -2.18. The normalized spacial score (nSPS) is 12.3. The third-order valence-electron chi connectivity index (χ3n) is 3.46. The molecule has 0 aliphatic carbocycles. The Morgan fingerprint density at radius 3 is 2.68 bits per heavy atom. The highest BCUT2D eigenvalue weighted by atomic mass is 79.9. The zero-order valence-electron chi connectivity index (χ0n) is 12.5. The van der Waals surface area contributed by atoms with E-state index < -0.39 is 5.97 Å². The van der Waals surface area contributed by atoms with Crippen molar-refractivity contribution in [3.63, 3.8) is 0 Å². The quantitative estimate of drug-likeness (QED) is 0.712. The van der Waals surface area contributed by atoms with Crippen LogP contribution in [0.1, 0.15) is 28.2 Å². The number of nitrogens with one attached hydrogen (secondary N) is 1. The molecule has 0 saturated heterocycles. The first-order valence-corrected chi connectivity index (χ1v) is 8.89. The molecule has 0 amide bonds. The summed E-state index contributed by atoms with van der Waals surface area (Å²) in [6.45, 7) is 2.85. The average Bonchev–Trinajstić information content (AvgIpc) is 2.81. The van der Waals surface area contributed by atoms with Gasteiger partial charge in [0.25, 0.3) is 0 Å². The van der Waals surface area contributed by atoms with E-state index in [1.54, 1.807) is 11.3 Å². The van der Waals surface area contributed by atoms with Gasteiger partial charge in [0, 0.05) is 33.2 Å². The molecule has 1 unspecified atom stereocenters. The highest BCUT2D eigenvalue weighted by Crippen LogP contribution is 2.26. The molecule has 2 rings (SSSR count). The summed E-state index contributed by atoms with van der Waals surface area (Å²) in [4.78, 5) is 13.4. The molecule has 5 heteroatoms. The monoisotopic (exact) mass is 381 g/mol. The molecule has 118 valence electrons. The topological polar surface area (TPSA) is 49.3 Å². The molecule has 0 aliphatic heterocycles. The lowest BCUT2D eigenvalue weighted by Crippen LogP contribution is -2.31. The fourth-order valence-electron chi connectivity index (χ4n) is 2.36. The lowest BCUT2D eigenvalue weighted by molar-refractivity contribution is -0.137.